The smallest absolute Gasteiger partial charge is 0.296 e. The van der Waals surface area contributed by atoms with Gasteiger partial charge in [0.1, 0.15) is 11.4 Å². The number of aromatic nitrogens is 1. The van der Waals surface area contributed by atoms with Crippen molar-refractivity contribution in [3.8, 4) is 11.5 Å². The van der Waals surface area contributed by atoms with Gasteiger partial charge >= 0.3 is 0 Å². The number of carbonyl (C=O) groups excluding carboxylic acids is 1. The normalized spacial score (nSPS) is 14.8. The van der Waals surface area contributed by atoms with Gasteiger partial charge in [-0.1, -0.05) is 42.6 Å². The second kappa shape index (κ2) is 9.66. The van der Waals surface area contributed by atoms with Gasteiger partial charge in [-0.25, -0.2) is 4.98 Å². The summed E-state index contributed by atoms with van der Waals surface area (Å²) in [6.07, 6.45) is 3.39. The Kier molecular flexibility index (Phi) is 6.41. The zero-order valence-corrected chi connectivity index (χ0v) is 21.0. The molecule has 0 bridgehead atoms. The largest absolute Gasteiger partial charge is 0.493 e. The number of unbranched alkanes of at least 4 members (excludes halogenated alkanes) is 1. The number of aryl methyl sites for hydroxylation is 1. The summed E-state index contributed by atoms with van der Waals surface area (Å²) in [6.45, 7) is 4.56. The number of pyridine rings is 1. The topological polar surface area (TPSA) is 81.9 Å². The van der Waals surface area contributed by atoms with Crippen molar-refractivity contribution in [3.05, 3.63) is 92.4 Å². The molecule has 0 spiro atoms. The number of ether oxygens (including phenoxy) is 2. The number of methoxy groups -OCH3 is 1. The fraction of sp³-hybridized carbons (Fsp3) is 0.250. The highest BCUT2D eigenvalue weighted by molar-refractivity contribution is 6.30. The zero-order chi connectivity index (χ0) is 25.4. The van der Waals surface area contributed by atoms with Crippen LogP contribution in [0.2, 0.25) is 5.02 Å². The van der Waals surface area contributed by atoms with Crippen LogP contribution >= 0.6 is 11.6 Å². The molecule has 5 rings (SSSR count). The standard InChI is InChI=1S/C28H25ClN2O5/c1-4-5-12-35-21-10-7-17(14-22(21)34-3)25-24-26(32)19-13-16(2)6-9-20(19)36-27(24)28(33)31(25)23-11-8-18(29)15-30-23/h6-11,13-15,25H,4-5,12H2,1-3H3. The van der Waals surface area contributed by atoms with E-state index in [9.17, 15) is 9.59 Å². The van der Waals surface area contributed by atoms with Crippen LogP contribution in [0.15, 0.2) is 63.9 Å². The monoisotopic (exact) mass is 504 g/mol. The zero-order valence-electron chi connectivity index (χ0n) is 20.2. The van der Waals surface area contributed by atoms with Gasteiger partial charge < -0.3 is 13.9 Å². The van der Waals surface area contributed by atoms with E-state index in [4.69, 9.17) is 25.5 Å². The Morgan fingerprint density at radius 3 is 2.64 bits per heavy atom. The van der Waals surface area contributed by atoms with Crippen LogP contribution in [0.4, 0.5) is 5.82 Å². The minimum Gasteiger partial charge on any atom is -0.493 e. The van der Waals surface area contributed by atoms with Gasteiger partial charge in [0, 0.05) is 6.20 Å². The second-order valence-corrected chi connectivity index (χ2v) is 9.13. The predicted molar refractivity (Wildman–Crippen MR) is 139 cm³/mol. The number of halogens is 1. The van der Waals surface area contributed by atoms with Crippen molar-refractivity contribution in [3.63, 3.8) is 0 Å². The van der Waals surface area contributed by atoms with Gasteiger partial charge in [0.05, 0.1) is 35.7 Å². The van der Waals surface area contributed by atoms with Gasteiger partial charge in [0.15, 0.2) is 16.9 Å². The van der Waals surface area contributed by atoms with Crippen LogP contribution in [0, 0.1) is 6.92 Å². The molecular weight excluding hydrogens is 480 g/mol. The molecule has 0 aliphatic carbocycles. The van der Waals surface area contributed by atoms with Crippen LogP contribution in [-0.2, 0) is 0 Å². The quantitative estimate of drug-likeness (QED) is 0.283. The Labute approximate surface area is 213 Å². The number of hydrogen-bond donors (Lipinski definition) is 0. The summed E-state index contributed by atoms with van der Waals surface area (Å²) < 4.78 is 17.5. The molecule has 1 aliphatic heterocycles. The van der Waals surface area contributed by atoms with E-state index < -0.39 is 11.9 Å². The lowest BCUT2D eigenvalue weighted by molar-refractivity contribution is 0.0970. The summed E-state index contributed by atoms with van der Waals surface area (Å²) in [5.41, 5.74) is 1.95. The van der Waals surface area contributed by atoms with Gasteiger partial charge in [0.2, 0.25) is 5.76 Å². The molecule has 0 radical (unpaired) electrons. The van der Waals surface area contributed by atoms with Crippen LogP contribution in [0.25, 0.3) is 11.0 Å². The van der Waals surface area contributed by atoms with Gasteiger partial charge in [-0.15, -0.1) is 0 Å². The van der Waals surface area contributed by atoms with E-state index in [2.05, 4.69) is 11.9 Å². The molecule has 184 valence electrons. The van der Waals surface area contributed by atoms with E-state index in [0.717, 1.165) is 18.4 Å². The first-order valence-electron chi connectivity index (χ1n) is 11.8. The minimum atomic E-state index is -0.777. The lowest BCUT2D eigenvalue weighted by Crippen LogP contribution is -2.30. The van der Waals surface area contributed by atoms with E-state index >= 15 is 0 Å². The summed E-state index contributed by atoms with van der Waals surface area (Å²) in [5, 5.41) is 0.856. The SMILES string of the molecule is CCCCOc1ccc(C2c3c(oc4ccc(C)cc4c3=O)C(=O)N2c2ccc(Cl)cn2)cc1OC. The van der Waals surface area contributed by atoms with Crippen molar-refractivity contribution >= 4 is 34.3 Å². The molecule has 4 aromatic rings. The molecule has 0 saturated heterocycles. The fourth-order valence-corrected chi connectivity index (χ4v) is 4.56. The summed E-state index contributed by atoms with van der Waals surface area (Å²) >= 11 is 6.05. The number of fused-ring (bicyclic) bond motifs is 2. The Hall–Kier alpha value is -3.84. The van der Waals surface area contributed by atoms with Crippen LogP contribution in [-0.4, -0.2) is 24.6 Å². The molecule has 7 nitrogen and oxygen atoms in total. The fourth-order valence-electron chi connectivity index (χ4n) is 4.45. The molecule has 2 aromatic carbocycles. The van der Waals surface area contributed by atoms with E-state index in [0.29, 0.717) is 45.5 Å². The van der Waals surface area contributed by atoms with Gasteiger partial charge in [-0.3, -0.25) is 14.5 Å². The maximum atomic E-state index is 13.8. The maximum absolute atomic E-state index is 13.8. The number of hydrogen-bond acceptors (Lipinski definition) is 6. The number of benzene rings is 2. The first-order valence-corrected chi connectivity index (χ1v) is 12.1. The summed E-state index contributed by atoms with van der Waals surface area (Å²) in [4.78, 5) is 33.3. The number of carbonyl (C=O) groups is 1. The molecule has 8 heteroatoms. The summed E-state index contributed by atoms with van der Waals surface area (Å²) in [7, 11) is 1.56. The third-order valence-corrected chi connectivity index (χ3v) is 6.47. The summed E-state index contributed by atoms with van der Waals surface area (Å²) in [6, 6.07) is 13.3. The van der Waals surface area contributed by atoms with Crippen LogP contribution in [0.3, 0.4) is 0 Å². The summed E-state index contributed by atoms with van der Waals surface area (Å²) in [5.74, 6) is 1.00. The molecule has 1 amide bonds. The highest BCUT2D eigenvalue weighted by Gasteiger charge is 2.44. The van der Waals surface area contributed by atoms with Crippen molar-refractivity contribution in [2.45, 2.75) is 32.7 Å². The third kappa shape index (κ3) is 4.09. The van der Waals surface area contributed by atoms with Crippen LogP contribution < -0.4 is 19.8 Å². The molecule has 2 aromatic heterocycles. The minimum absolute atomic E-state index is 0.000317. The molecule has 0 N–H and O–H groups in total. The van der Waals surface area contributed by atoms with Crippen molar-refractivity contribution in [1.29, 1.82) is 0 Å². The molecule has 0 fully saturated rings. The first-order chi connectivity index (χ1) is 17.4. The van der Waals surface area contributed by atoms with Crippen molar-refractivity contribution in [2.24, 2.45) is 0 Å². The molecule has 1 atom stereocenters. The van der Waals surface area contributed by atoms with Crippen LogP contribution in [0.1, 0.15) is 53.1 Å². The van der Waals surface area contributed by atoms with Gasteiger partial charge in [-0.05, 0) is 55.3 Å². The highest BCUT2D eigenvalue weighted by Crippen LogP contribution is 2.43. The third-order valence-electron chi connectivity index (χ3n) is 6.24. The number of amides is 1. The van der Waals surface area contributed by atoms with Gasteiger partial charge in [0.25, 0.3) is 5.91 Å². The van der Waals surface area contributed by atoms with Crippen molar-refractivity contribution < 1.29 is 18.7 Å². The molecule has 3 heterocycles. The van der Waals surface area contributed by atoms with Gasteiger partial charge in [-0.2, -0.15) is 0 Å². The maximum Gasteiger partial charge on any atom is 0.296 e. The van der Waals surface area contributed by atoms with E-state index in [1.54, 1.807) is 43.5 Å². The number of rotatable bonds is 7. The molecule has 1 unspecified atom stereocenters. The van der Waals surface area contributed by atoms with E-state index in [1.807, 2.05) is 19.1 Å². The first kappa shape index (κ1) is 23.9. The predicted octanol–water partition coefficient (Wildman–Crippen LogP) is 6.09. The lowest BCUT2D eigenvalue weighted by Gasteiger charge is -2.25. The van der Waals surface area contributed by atoms with E-state index in [1.165, 1.54) is 11.1 Å². The number of anilines is 1. The molecule has 1 aliphatic rings. The van der Waals surface area contributed by atoms with Crippen LogP contribution in [0.5, 0.6) is 11.5 Å². The molecule has 36 heavy (non-hydrogen) atoms. The van der Waals surface area contributed by atoms with Crippen molar-refractivity contribution in [2.75, 3.05) is 18.6 Å². The Balaban J connectivity index is 1.71. The van der Waals surface area contributed by atoms with Crippen molar-refractivity contribution in [1.82, 2.24) is 4.98 Å². The Bertz CT molecular complexity index is 1510. The Morgan fingerprint density at radius 1 is 1.08 bits per heavy atom. The average molecular weight is 505 g/mol. The number of nitrogens with zero attached hydrogens (tertiary/aromatic N) is 2. The highest BCUT2D eigenvalue weighted by atomic mass is 35.5. The Morgan fingerprint density at radius 2 is 1.92 bits per heavy atom. The average Bonchev–Trinajstić information content (AvgIpc) is 3.17. The second-order valence-electron chi connectivity index (χ2n) is 8.70. The lowest BCUT2D eigenvalue weighted by atomic mass is 9.97. The molecule has 0 saturated carbocycles. The van der Waals surface area contributed by atoms with E-state index in [-0.39, 0.29) is 16.8 Å². The molecular formula is C28H25ClN2O5.